The molecule has 1 aromatic rings. The van der Waals surface area contributed by atoms with Gasteiger partial charge in [0.05, 0.1) is 29.4 Å². The first-order valence-corrected chi connectivity index (χ1v) is 5.38. The molecule has 0 radical (unpaired) electrons. The SMILES string of the molecule is O=C(O)c1cc(CC2CO2)cc(C(=O)O)c1C(=O)O. The van der Waals surface area contributed by atoms with E-state index >= 15 is 0 Å². The average Bonchev–Trinajstić information content (AvgIpc) is 3.11. The van der Waals surface area contributed by atoms with Crippen molar-refractivity contribution in [2.75, 3.05) is 6.61 Å². The Balaban J connectivity index is 2.59. The fourth-order valence-corrected chi connectivity index (χ4v) is 1.84. The molecule has 0 bridgehead atoms. The molecule has 100 valence electrons. The van der Waals surface area contributed by atoms with Crippen LogP contribution in [0.1, 0.15) is 36.6 Å². The quantitative estimate of drug-likeness (QED) is 0.670. The van der Waals surface area contributed by atoms with Crippen LogP contribution in [-0.2, 0) is 11.2 Å². The highest BCUT2D eigenvalue weighted by Gasteiger charge is 2.28. The highest BCUT2D eigenvalue weighted by Crippen LogP contribution is 2.23. The van der Waals surface area contributed by atoms with Crippen molar-refractivity contribution in [1.29, 1.82) is 0 Å². The molecule has 0 aliphatic carbocycles. The molecule has 0 aromatic heterocycles. The van der Waals surface area contributed by atoms with Gasteiger partial charge in [-0.3, -0.25) is 0 Å². The van der Waals surface area contributed by atoms with Crippen LogP contribution >= 0.6 is 0 Å². The molecular formula is C12H10O7. The third kappa shape index (κ3) is 2.71. The lowest BCUT2D eigenvalue weighted by atomic mass is 9.95. The number of benzene rings is 1. The minimum Gasteiger partial charge on any atom is -0.478 e. The van der Waals surface area contributed by atoms with Crippen molar-refractivity contribution in [2.24, 2.45) is 0 Å². The van der Waals surface area contributed by atoms with Gasteiger partial charge < -0.3 is 20.1 Å². The second-order valence-electron chi connectivity index (χ2n) is 4.14. The molecule has 1 aliphatic rings. The zero-order chi connectivity index (χ0) is 14.2. The number of carboxylic acids is 3. The Hall–Kier alpha value is -2.41. The molecule has 7 nitrogen and oxygen atoms in total. The van der Waals surface area contributed by atoms with Gasteiger partial charge in [-0.05, 0) is 17.7 Å². The molecule has 1 aliphatic heterocycles. The monoisotopic (exact) mass is 266 g/mol. The van der Waals surface area contributed by atoms with Crippen LogP contribution in [0.4, 0.5) is 0 Å². The summed E-state index contributed by atoms with van der Waals surface area (Å²) in [5, 5.41) is 27.0. The van der Waals surface area contributed by atoms with E-state index in [1.165, 1.54) is 12.1 Å². The van der Waals surface area contributed by atoms with Crippen LogP contribution in [0.3, 0.4) is 0 Å². The van der Waals surface area contributed by atoms with Crippen molar-refractivity contribution in [2.45, 2.75) is 12.5 Å². The van der Waals surface area contributed by atoms with Crippen molar-refractivity contribution in [3.63, 3.8) is 0 Å². The zero-order valence-electron chi connectivity index (χ0n) is 9.62. The molecule has 0 spiro atoms. The first-order valence-electron chi connectivity index (χ1n) is 5.38. The van der Waals surface area contributed by atoms with Crippen LogP contribution in [0.2, 0.25) is 0 Å². The van der Waals surface area contributed by atoms with E-state index in [9.17, 15) is 14.4 Å². The molecule has 1 aromatic carbocycles. The molecule has 7 heteroatoms. The van der Waals surface area contributed by atoms with Crippen LogP contribution in [-0.4, -0.2) is 45.9 Å². The predicted molar refractivity (Wildman–Crippen MR) is 60.8 cm³/mol. The topological polar surface area (TPSA) is 124 Å². The third-order valence-corrected chi connectivity index (χ3v) is 2.74. The van der Waals surface area contributed by atoms with Crippen molar-refractivity contribution in [1.82, 2.24) is 0 Å². The van der Waals surface area contributed by atoms with Gasteiger partial charge in [0.1, 0.15) is 0 Å². The number of carboxylic acid groups (broad SMARTS) is 3. The van der Waals surface area contributed by atoms with E-state index in [-0.39, 0.29) is 6.10 Å². The van der Waals surface area contributed by atoms with Gasteiger partial charge >= 0.3 is 17.9 Å². The smallest absolute Gasteiger partial charge is 0.337 e. The lowest BCUT2D eigenvalue weighted by Gasteiger charge is -2.09. The largest absolute Gasteiger partial charge is 0.478 e. The Bertz CT molecular complexity index is 536. The van der Waals surface area contributed by atoms with E-state index in [1.54, 1.807) is 0 Å². The normalized spacial score (nSPS) is 16.9. The van der Waals surface area contributed by atoms with Gasteiger partial charge in [-0.25, -0.2) is 14.4 Å². The lowest BCUT2D eigenvalue weighted by Crippen LogP contribution is -2.16. The maximum atomic E-state index is 11.1. The van der Waals surface area contributed by atoms with E-state index in [0.717, 1.165) is 0 Å². The summed E-state index contributed by atoms with van der Waals surface area (Å²) in [7, 11) is 0. The lowest BCUT2D eigenvalue weighted by molar-refractivity contribution is 0.0633. The fraction of sp³-hybridized carbons (Fsp3) is 0.250. The van der Waals surface area contributed by atoms with Crippen molar-refractivity contribution >= 4 is 17.9 Å². The molecule has 1 heterocycles. The molecule has 3 N–H and O–H groups in total. The van der Waals surface area contributed by atoms with Gasteiger partial charge in [-0.1, -0.05) is 0 Å². The van der Waals surface area contributed by atoms with Crippen molar-refractivity contribution < 1.29 is 34.4 Å². The van der Waals surface area contributed by atoms with Crippen LogP contribution in [0.5, 0.6) is 0 Å². The first-order chi connectivity index (χ1) is 8.90. The maximum absolute atomic E-state index is 11.1. The fourth-order valence-electron chi connectivity index (χ4n) is 1.84. The molecule has 1 fully saturated rings. The molecule has 1 unspecified atom stereocenters. The molecule has 0 amide bonds. The summed E-state index contributed by atoms with van der Waals surface area (Å²) in [6, 6.07) is 2.36. The second-order valence-corrected chi connectivity index (χ2v) is 4.14. The average molecular weight is 266 g/mol. The Morgan fingerprint density at radius 3 is 1.84 bits per heavy atom. The van der Waals surface area contributed by atoms with Crippen molar-refractivity contribution in [3.05, 3.63) is 34.4 Å². The molecular weight excluding hydrogens is 256 g/mol. The number of hydrogen-bond acceptors (Lipinski definition) is 4. The summed E-state index contributed by atoms with van der Waals surface area (Å²) in [6.45, 7) is 0.533. The van der Waals surface area contributed by atoms with Crippen LogP contribution in [0.25, 0.3) is 0 Å². The number of aromatic carboxylic acids is 3. The molecule has 2 rings (SSSR count). The number of rotatable bonds is 5. The second kappa shape index (κ2) is 4.69. The van der Waals surface area contributed by atoms with Crippen LogP contribution < -0.4 is 0 Å². The zero-order valence-corrected chi connectivity index (χ0v) is 9.62. The molecule has 19 heavy (non-hydrogen) atoms. The summed E-state index contributed by atoms with van der Waals surface area (Å²) in [4.78, 5) is 33.2. The van der Waals surface area contributed by atoms with Crippen molar-refractivity contribution in [3.8, 4) is 0 Å². The van der Waals surface area contributed by atoms with Crippen LogP contribution in [0, 0.1) is 0 Å². The molecule has 1 saturated heterocycles. The van der Waals surface area contributed by atoms with Gasteiger partial charge in [-0.15, -0.1) is 0 Å². The molecule has 1 atom stereocenters. The van der Waals surface area contributed by atoms with Crippen LogP contribution in [0.15, 0.2) is 12.1 Å². The number of hydrogen-bond donors (Lipinski definition) is 3. The maximum Gasteiger partial charge on any atom is 0.337 e. The Morgan fingerprint density at radius 1 is 1.05 bits per heavy atom. The Labute approximate surface area is 107 Å². The summed E-state index contributed by atoms with van der Waals surface area (Å²) >= 11 is 0. The van der Waals surface area contributed by atoms with Gasteiger partial charge in [0.25, 0.3) is 0 Å². The summed E-state index contributed by atoms with van der Waals surface area (Å²) < 4.78 is 4.98. The summed E-state index contributed by atoms with van der Waals surface area (Å²) in [5.74, 6) is -4.53. The molecule has 0 saturated carbocycles. The van der Waals surface area contributed by atoms with Gasteiger partial charge in [-0.2, -0.15) is 0 Å². The van der Waals surface area contributed by atoms with Gasteiger partial charge in [0.15, 0.2) is 0 Å². The van der Waals surface area contributed by atoms with E-state index in [4.69, 9.17) is 20.1 Å². The summed E-state index contributed by atoms with van der Waals surface area (Å²) in [6.07, 6.45) is 0.305. The van der Waals surface area contributed by atoms with E-state index < -0.39 is 34.6 Å². The van der Waals surface area contributed by atoms with E-state index in [2.05, 4.69) is 0 Å². The first kappa shape index (κ1) is 13.0. The number of carbonyl (C=O) groups is 3. The minimum absolute atomic E-state index is 0.0565. The predicted octanol–water partition coefficient (Wildman–Crippen LogP) is 0.723. The van der Waals surface area contributed by atoms with Gasteiger partial charge in [0, 0.05) is 6.42 Å². The highest BCUT2D eigenvalue weighted by molar-refractivity contribution is 6.09. The van der Waals surface area contributed by atoms with E-state index in [1.807, 2.05) is 0 Å². The highest BCUT2D eigenvalue weighted by atomic mass is 16.6. The Kier molecular flexibility index (Phi) is 3.22. The summed E-state index contributed by atoms with van der Waals surface area (Å²) in [5.41, 5.74) is -1.33. The standard InChI is InChI=1S/C12H10O7/c13-10(14)7-2-5(1-6-4-19-6)3-8(11(15)16)9(7)12(17)18/h2-3,6H,1,4H2,(H,13,14)(H,15,16)(H,17,18). The third-order valence-electron chi connectivity index (χ3n) is 2.74. The number of ether oxygens (including phenoxy) is 1. The minimum atomic E-state index is -1.58. The Morgan fingerprint density at radius 2 is 1.53 bits per heavy atom. The van der Waals surface area contributed by atoms with Gasteiger partial charge in [0.2, 0.25) is 0 Å². The van der Waals surface area contributed by atoms with E-state index in [0.29, 0.717) is 18.6 Å². The number of epoxide rings is 1.